The van der Waals surface area contributed by atoms with Crippen LogP contribution in [0.15, 0.2) is 42.6 Å². The second-order valence-corrected chi connectivity index (χ2v) is 5.90. The number of para-hydroxylation sites is 1. The van der Waals surface area contributed by atoms with Gasteiger partial charge in [0.05, 0.1) is 29.2 Å². The molecular weight excluding hydrogens is 321 g/mol. The number of aromatic hydroxyl groups is 1. The fourth-order valence-corrected chi connectivity index (χ4v) is 3.14. The highest BCUT2D eigenvalue weighted by atomic mass is 19.1. The van der Waals surface area contributed by atoms with Crippen molar-refractivity contribution in [1.82, 2.24) is 9.55 Å². The van der Waals surface area contributed by atoms with Gasteiger partial charge in [-0.2, -0.15) is 0 Å². The Morgan fingerprint density at radius 2 is 2.00 bits per heavy atom. The minimum Gasteiger partial charge on any atom is -0.497 e. The standard InChI is InChI=1S/C19H16FN3O2/c1-23-9-15-16(19(23)24)17(21)13-5-3-4-12(18(13)22-15)11-7-6-10(25-2)8-14(11)20/h3-9,24H,21H2,1-2H3. The number of rotatable bonds is 2. The highest BCUT2D eigenvalue weighted by molar-refractivity contribution is 6.12. The van der Waals surface area contributed by atoms with Crippen molar-refractivity contribution in [1.29, 1.82) is 0 Å². The summed E-state index contributed by atoms with van der Waals surface area (Å²) in [4.78, 5) is 4.62. The number of nitrogen functional groups attached to an aromatic ring is 1. The second-order valence-electron chi connectivity index (χ2n) is 5.90. The third kappa shape index (κ3) is 2.18. The summed E-state index contributed by atoms with van der Waals surface area (Å²) in [5.41, 5.74) is 8.89. The summed E-state index contributed by atoms with van der Waals surface area (Å²) in [5.74, 6) is 0.107. The van der Waals surface area contributed by atoms with Gasteiger partial charge in [0.15, 0.2) is 0 Å². The van der Waals surface area contributed by atoms with Gasteiger partial charge in [-0.3, -0.25) is 0 Å². The van der Waals surface area contributed by atoms with E-state index < -0.39 is 5.82 Å². The molecule has 0 bridgehead atoms. The average molecular weight is 337 g/mol. The van der Waals surface area contributed by atoms with Gasteiger partial charge >= 0.3 is 0 Å². The fraction of sp³-hybridized carbons (Fsp3) is 0.105. The molecule has 2 aromatic heterocycles. The van der Waals surface area contributed by atoms with Gasteiger partial charge in [0.25, 0.3) is 0 Å². The monoisotopic (exact) mass is 337 g/mol. The molecule has 4 aromatic rings. The average Bonchev–Trinajstić information content (AvgIpc) is 2.89. The van der Waals surface area contributed by atoms with Crippen molar-refractivity contribution < 1.29 is 14.2 Å². The van der Waals surface area contributed by atoms with E-state index in [0.717, 1.165) is 0 Å². The molecule has 0 aliphatic rings. The van der Waals surface area contributed by atoms with Crippen LogP contribution in [0.1, 0.15) is 0 Å². The number of pyridine rings is 1. The van der Waals surface area contributed by atoms with Gasteiger partial charge < -0.3 is 20.1 Å². The first-order chi connectivity index (χ1) is 12.0. The van der Waals surface area contributed by atoms with Crippen molar-refractivity contribution in [2.75, 3.05) is 12.8 Å². The van der Waals surface area contributed by atoms with Crippen molar-refractivity contribution in [3.05, 3.63) is 48.4 Å². The van der Waals surface area contributed by atoms with E-state index in [1.807, 2.05) is 6.07 Å². The zero-order valence-corrected chi connectivity index (χ0v) is 13.7. The van der Waals surface area contributed by atoms with Crippen LogP contribution in [-0.4, -0.2) is 21.8 Å². The van der Waals surface area contributed by atoms with Crippen molar-refractivity contribution >= 4 is 27.5 Å². The van der Waals surface area contributed by atoms with E-state index in [0.29, 0.717) is 44.4 Å². The predicted octanol–water partition coefficient (Wildman–Crippen LogP) is 3.83. The molecule has 5 nitrogen and oxygen atoms in total. The maximum absolute atomic E-state index is 14.6. The number of hydrogen-bond acceptors (Lipinski definition) is 4. The number of halogens is 1. The number of anilines is 1. The van der Waals surface area contributed by atoms with Crippen LogP contribution >= 0.6 is 0 Å². The summed E-state index contributed by atoms with van der Waals surface area (Å²) in [6, 6.07) is 10.1. The van der Waals surface area contributed by atoms with Crippen LogP contribution in [0.25, 0.3) is 32.9 Å². The van der Waals surface area contributed by atoms with Crippen LogP contribution in [0, 0.1) is 5.82 Å². The first kappa shape index (κ1) is 15.3. The Labute approximate surface area is 143 Å². The quantitative estimate of drug-likeness (QED) is 0.583. The molecule has 6 heteroatoms. The molecule has 3 N–H and O–H groups in total. The summed E-state index contributed by atoms with van der Waals surface area (Å²) < 4.78 is 21.2. The van der Waals surface area contributed by atoms with Crippen LogP contribution in [0.2, 0.25) is 0 Å². The van der Waals surface area contributed by atoms with Crippen LogP contribution in [-0.2, 0) is 7.05 Å². The number of aryl methyl sites for hydroxylation is 1. The van der Waals surface area contributed by atoms with Crippen molar-refractivity contribution in [3.63, 3.8) is 0 Å². The lowest BCUT2D eigenvalue weighted by Gasteiger charge is -2.11. The smallest absolute Gasteiger partial charge is 0.202 e. The molecule has 4 rings (SSSR count). The maximum atomic E-state index is 14.6. The van der Waals surface area contributed by atoms with Crippen LogP contribution < -0.4 is 10.5 Å². The van der Waals surface area contributed by atoms with E-state index in [2.05, 4.69) is 4.98 Å². The molecule has 0 fully saturated rings. The molecule has 0 spiro atoms. The Bertz CT molecular complexity index is 1130. The third-order valence-electron chi connectivity index (χ3n) is 4.42. The van der Waals surface area contributed by atoms with Gasteiger partial charge in [-0.25, -0.2) is 9.37 Å². The zero-order chi connectivity index (χ0) is 17.7. The molecule has 0 amide bonds. The first-order valence-electron chi connectivity index (χ1n) is 7.71. The summed E-state index contributed by atoms with van der Waals surface area (Å²) in [6.45, 7) is 0. The Hall–Kier alpha value is -3.28. The summed E-state index contributed by atoms with van der Waals surface area (Å²) in [5, 5.41) is 11.4. The fourth-order valence-electron chi connectivity index (χ4n) is 3.14. The number of nitrogens with two attached hydrogens (primary N) is 1. The molecule has 0 saturated heterocycles. The van der Waals surface area contributed by atoms with Gasteiger partial charge in [-0.1, -0.05) is 18.2 Å². The highest BCUT2D eigenvalue weighted by Gasteiger charge is 2.17. The Morgan fingerprint density at radius 1 is 1.20 bits per heavy atom. The van der Waals surface area contributed by atoms with Crippen LogP contribution in [0.4, 0.5) is 10.1 Å². The summed E-state index contributed by atoms with van der Waals surface area (Å²) in [6.07, 6.45) is 1.70. The number of nitrogens with zero attached hydrogens (tertiary/aromatic N) is 2. The SMILES string of the molecule is COc1ccc(-c2cccc3c(N)c4c(O)n(C)cc4nc23)c(F)c1. The predicted molar refractivity (Wildman–Crippen MR) is 96.2 cm³/mol. The molecule has 2 aromatic carbocycles. The molecule has 0 atom stereocenters. The lowest BCUT2D eigenvalue weighted by Crippen LogP contribution is -1.94. The lowest BCUT2D eigenvalue weighted by atomic mass is 9.99. The van der Waals surface area contributed by atoms with Gasteiger partial charge in [-0.05, 0) is 12.1 Å². The van der Waals surface area contributed by atoms with E-state index in [9.17, 15) is 9.50 Å². The normalized spacial score (nSPS) is 11.3. The Morgan fingerprint density at radius 3 is 2.72 bits per heavy atom. The topological polar surface area (TPSA) is 73.3 Å². The minimum absolute atomic E-state index is 0.0583. The molecule has 2 heterocycles. The summed E-state index contributed by atoms with van der Waals surface area (Å²) >= 11 is 0. The van der Waals surface area contributed by atoms with Crippen LogP contribution in [0.3, 0.4) is 0 Å². The van der Waals surface area contributed by atoms with Gasteiger partial charge in [0.1, 0.15) is 11.6 Å². The molecule has 0 aliphatic carbocycles. The van der Waals surface area contributed by atoms with E-state index in [-0.39, 0.29) is 5.88 Å². The Balaban J connectivity index is 2.07. The van der Waals surface area contributed by atoms with E-state index in [1.54, 1.807) is 42.1 Å². The third-order valence-corrected chi connectivity index (χ3v) is 4.42. The molecule has 0 saturated carbocycles. The molecule has 0 radical (unpaired) electrons. The highest BCUT2D eigenvalue weighted by Crippen LogP contribution is 2.39. The second kappa shape index (κ2) is 5.37. The maximum Gasteiger partial charge on any atom is 0.202 e. The molecule has 126 valence electrons. The number of methoxy groups -OCH3 is 1. The largest absolute Gasteiger partial charge is 0.497 e. The van der Waals surface area contributed by atoms with Gasteiger partial charge in [0.2, 0.25) is 5.88 Å². The van der Waals surface area contributed by atoms with Gasteiger partial charge in [-0.15, -0.1) is 0 Å². The molecular formula is C19H16FN3O2. The lowest BCUT2D eigenvalue weighted by molar-refractivity contribution is 0.411. The number of hydrogen-bond donors (Lipinski definition) is 2. The summed E-state index contributed by atoms with van der Waals surface area (Å²) in [7, 11) is 3.21. The number of aromatic nitrogens is 2. The molecule has 0 unspecified atom stereocenters. The van der Waals surface area contributed by atoms with Crippen LogP contribution in [0.5, 0.6) is 11.6 Å². The van der Waals surface area contributed by atoms with Crippen molar-refractivity contribution in [2.45, 2.75) is 0 Å². The Kier molecular flexibility index (Phi) is 3.28. The number of ether oxygens (including phenoxy) is 1. The molecule has 0 aliphatic heterocycles. The minimum atomic E-state index is -0.400. The zero-order valence-electron chi connectivity index (χ0n) is 13.7. The molecule has 25 heavy (non-hydrogen) atoms. The first-order valence-corrected chi connectivity index (χ1v) is 7.71. The van der Waals surface area contributed by atoms with Crippen molar-refractivity contribution in [2.24, 2.45) is 7.05 Å². The number of fused-ring (bicyclic) bond motifs is 2. The van der Waals surface area contributed by atoms with E-state index in [1.165, 1.54) is 13.2 Å². The van der Waals surface area contributed by atoms with E-state index >= 15 is 0 Å². The van der Waals surface area contributed by atoms with E-state index in [4.69, 9.17) is 10.5 Å². The number of benzene rings is 2. The van der Waals surface area contributed by atoms with Crippen molar-refractivity contribution in [3.8, 4) is 22.8 Å². The van der Waals surface area contributed by atoms with Gasteiger partial charge in [0, 0.05) is 35.8 Å².